The molecule has 1 aliphatic heterocycles. The molecule has 11 aromatic carbocycles. The third kappa shape index (κ3) is 28.9. The molecule has 14 aromatic rings. The Hall–Kier alpha value is -14.5. The number of hydrogen-bond donors (Lipinski definition) is 2. The van der Waals surface area contributed by atoms with E-state index in [1.165, 1.54) is 39.0 Å². The van der Waals surface area contributed by atoms with Gasteiger partial charge >= 0.3 is 25.0 Å². The smallest absolute Gasteiger partial charge is 0.498 e. The van der Waals surface area contributed by atoms with Gasteiger partial charge in [0.2, 0.25) is 11.8 Å². The fourth-order valence-electron chi connectivity index (χ4n) is 15.0. The summed E-state index contributed by atoms with van der Waals surface area (Å²) in [5.41, 5.74) is 9.96. The lowest BCUT2D eigenvalue weighted by atomic mass is 9.77. The second-order valence-electron chi connectivity index (χ2n) is 33.3. The van der Waals surface area contributed by atoms with Crippen molar-refractivity contribution >= 4 is 46.4 Å². The number of para-hydroxylation sites is 3. The van der Waals surface area contributed by atoms with Gasteiger partial charge in [0.25, 0.3) is 4.80 Å². The van der Waals surface area contributed by atoms with Gasteiger partial charge in [0.15, 0.2) is 0 Å². The summed E-state index contributed by atoms with van der Waals surface area (Å²) in [5.74, 6) is 7.62. The number of carbonyl (C=O) groups excluding carboxylic acids is 2. The number of rotatable bonds is 45. The third-order valence-corrected chi connectivity index (χ3v) is 23.3. The van der Waals surface area contributed by atoms with Crippen molar-refractivity contribution in [1.82, 2.24) is 15.0 Å². The molecule has 28 heteroatoms. The Labute approximate surface area is 826 Å². The summed E-state index contributed by atoms with van der Waals surface area (Å²) in [6.07, 6.45) is 18.3. The molecule has 0 aliphatic carbocycles. The monoisotopic (exact) mass is 1970 g/mol. The van der Waals surface area contributed by atoms with Gasteiger partial charge in [-0.15, -0.1) is 0 Å². The van der Waals surface area contributed by atoms with Crippen molar-refractivity contribution in [1.29, 1.82) is 0 Å². The molecular formula is C112H121BBrN3O23. The van der Waals surface area contributed by atoms with E-state index in [1.807, 2.05) is 159 Å². The number of methoxy groups -OCH3 is 2. The Kier molecular flexibility index (Phi) is 39.5. The first kappa shape index (κ1) is 104. The van der Waals surface area contributed by atoms with Gasteiger partial charge in [-0.1, -0.05) is 182 Å². The number of benzene rings is 11. The van der Waals surface area contributed by atoms with Crippen LogP contribution < -0.4 is 57.6 Å². The fourth-order valence-corrected chi connectivity index (χ4v) is 15.3. The van der Waals surface area contributed by atoms with Crippen LogP contribution in [0.25, 0.3) is 22.9 Å². The average molecular weight is 1970 g/mol. The first-order chi connectivity index (χ1) is 68.1. The summed E-state index contributed by atoms with van der Waals surface area (Å²) in [6, 6.07) is 69.2. The van der Waals surface area contributed by atoms with Crippen molar-refractivity contribution in [2.45, 2.75) is 171 Å². The summed E-state index contributed by atoms with van der Waals surface area (Å²) in [7, 11) is 2.15. The molecule has 0 saturated carbocycles. The minimum Gasteiger partial charge on any atom is -0.507 e. The van der Waals surface area contributed by atoms with E-state index in [2.05, 4.69) is 104 Å². The molecule has 0 atom stereocenters. The van der Waals surface area contributed by atoms with Crippen LogP contribution in [0, 0.1) is 0 Å². The van der Waals surface area contributed by atoms with E-state index in [9.17, 15) is 24.6 Å². The summed E-state index contributed by atoms with van der Waals surface area (Å²) >= 11 is 3.00. The van der Waals surface area contributed by atoms with Gasteiger partial charge in [0, 0.05) is 75.5 Å². The van der Waals surface area contributed by atoms with Crippen molar-refractivity contribution in [2.75, 3.05) is 53.9 Å². The second-order valence-corrected chi connectivity index (χ2v) is 33.9. The number of esters is 2. The number of phenolic OH excluding ortho intramolecular Hbond substituents is 1. The van der Waals surface area contributed by atoms with E-state index in [4.69, 9.17) is 79.7 Å². The van der Waals surface area contributed by atoms with Crippen LogP contribution in [0.5, 0.6) is 86.2 Å². The maximum Gasteiger partial charge on any atom is 0.498 e. The molecule has 2 N–H and O–H groups in total. The van der Waals surface area contributed by atoms with Gasteiger partial charge in [0.1, 0.15) is 135 Å². The second kappa shape index (κ2) is 52.9. The minimum absolute atomic E-state index is 0.0430. The zero-order valence-electron chi connectivity index (χ0n) is 81.2. The lowest BCUT2D eigenvalue weighted by Gasteiger charge is -2.32. The van der Waals surface area contributed by atoms with Crippen LogP contribution in [0.1, 0.15) is 183 Å². The molecule has 140 heavy (non-hydrogen) atoms. The van der Waals surface area contributed by atoms with E-state index < -0.39 is 36.2 Å². The van der Waals surface area contributed by atoms with E-state index in [0.717, 1.165) is 130 Å². The van der Waals surface area contributed by atoms with Crippen LogP contribution in [0.2, 0.25) is 0 Å². The molecule has 0 spiro atoms. The highest BCUT2D eigenvalue weighted by Crippen LogP contribution is 2.44. The topological polar surface area (TPSA) is 308 Å². The van der Waals surface area contributed by atoms with Crippen molar-refractivity contribution in [3.05, 3.63) is 328 Å². The number of nitrogens with zero attached hydrogens (tertiary/aromatic N) is 3. The minimum atomic E-state index is -1.04. The van der Waals surface area contributed by atoms with Gasteiger partial charge in [-0.05, 0) is 179 Å². The molecular weight excluding hydrogens is 1850 g/mol. The molecule has 1 saturated heterocycles. The Morgan fingerprint density at radius 2 is 0.707 bits per heavy atom. The van der Waals surface area contributed by atoms with Gasteiger partial charge < -0.3 is 94.4 Å². The molecule has 1 aliphatic rings. The van der Waals surface area contributed by atoms with E-state index in [-0.39, 0.29) is 17.1 Å². The van der Waals surface area contributed by atoms with Crippen LogP contribution in [0.4, 0.5) is 0 Å². The Balaban J connectivity index is 0.000000183. The van der Waals surface area contributed by atoms with Crippen molar-refractivity contribution in [3.63, 3.8) is 0 Å². The number of aromatic nitrogens is 3. The first-order valence-corrected chi connectivity index (χ1v) is 47.9. The largest absolute Gasteiger partial charge is 0.507 e. The predicted molar refractivity (Wildman–Crippen MR) is 539 cm³/mol. The number of phenols is 1. The number of ether oxygens (including phenoxy) is 13. The van der Waals surface area contributed by atoms with E-state index in [1.54, 1.807) is 79.3 Å². The molecule has 26 nitrogen and oxygen atoms in total. The first-order valence-electron chi connectivity index (χ1n) is 47.1. The summed E-state index contributed by atoms with van der Waals surface area (Å²) < 4.78 is 107. The van der Waals surface area contributed by atoms with Crippen LogP contribution >= 0.6 is 15.9 Å². The van der Waals surface area contributed by atoms with Gasteiger partial charge in [-0.25, -0.2) is 29.3 Å². The SMILES string of the molecule is Brc1ncco1.CCCc1c(OCCCOc2cc(O)c(-c3ncco3)cc2CC)cccc1Oc1ccccc1C(=O)O.CCCc1c(OCCCOc2cc(OCc3ccccc3)c(-c3ncco3)cc2CC)cccc1Oc1ccccc1C(=O)OC.CCCc1c(OCCCOc2cc(OCc3ccccc3)c(B3OC(C)(C)C(C)(C)O3)cc2CC)cccc1Oc1ccccc1C(=O)OC. The number of carboxylic acids is 1. The zero-order chi connectivity index (χ0) is 99.2. The van der Waals surface area contributed by atoms with Gasteiger partial charge in [-0.3, -0.25) is 0 Å². The van der Waals surface area contributed by atoms with E-state index >= 15 is 0 Å². The fraction of sp³-hybridized carbons (Fsp3) is 0.304. The molecule has 15 rings (SSSR count). The maximum atomic E-state index is 12.3. The number of hydrogen-bond acceptors (Lipinski definition) is 25. The van der Waals surface area contributed by atoms with Gasteiger partial charge in [0.05, 0.1) is 94.8 Å². The summed E-state index contributed by atoms with van der Waals surface area (Å²) in [5, 5.41) is 19.9. The Morgan fingerprint density at radius 1 is 0.364 bits per heavy atom. The molecule has 1 fully saturated rings. The highest BCUT2D eigenvalue weighted by molar-refractivity contribution is 9.10. The summed E-state index contributed by atoms with van der Waals surface area (Å²) in [6.45, 7) is 24.1. The number of halogens is 1. The Bertz CT molecular complexity index is 6240. The average Bonchev–Trinajstić information content (AvgIpc) is 1.62. The van der Waals surface area contributed by atoms with Crippen LogP contribution in [-0.4, -0.2) is 115 Å². The molecule has 3 aromatic heterocycles. The number of aromatic hydroxyl groups is 1. The Morgan fingerprint density at radius 3 is 1.09 bits per heavy atom. The number of aromatic carboxylic acids is 1. The predicted octanol–water partition coefficient (Wildman–Crippen LogP) is 25.7. The standard InChI is InChI=1S/C41H49BO8.C38H39NO7.C30H31NO7.C3H2BrNO/c1-8-17-31-34(22-15-23-35(31)48-36-21-14-13-20-32(36)39(43)44-7)45-24-16-25-46-37-27-38(47-28-29-18-11-10-12-19-29)33(26-30(37)9-2)42-49-40(3,4)41(5,6)50-42;1-4-13-29-32(18-11-19-33(29)46-34-17-10-9-16-30(34)38(40)41-3)42-21-12-22-43-35-25-36(45-26-27-14-7-6-8-15-27)31(24-28(35)5-2)37-39-20-23-44-37;1-3-9-21-25(12-7-13-26(21)38-27-11-6-5-10-22(27)30(33)34)35-15-8-16-36-28-19-24(32)23(18-20(28)4-2)29-31-14-17-37-29;4-3-5-1-2-6-3/h10-15,18-23,26-27H,8-9,16-17,24-25,28H2,1-7H3;6-11,14-20,23-25H,4-5,12-13,21-22,26H2,1-3H3;5-7,10-14,17-19,32H,3-4,8-9,15-16H2,1-2H3,(H,33,34);1-2H. The summed E-state index contributed by atoms with van der Waals surface area (Å²) in [4.78, 5) is 48.8. The van der Waals surface area contributed by atoms with Crippen LogP contribution in [-0.2, 0) is 70.5 Å². The van der Waals surface area contributed by atoms with E-state index in [0.29, 0.717) is 164 Å². The zero-order valence-corrected chi connectivity index (χ0v) is 82.8. The highest BCUT2D eigenvalue weighted by Gasteiger charge is 2.53. The number of aryl methyl sites for hydroxylation is 3. The molecule has 0 amide bonds. The lowest BCUT2D eigenvalue weighted by Crippen LogP contribution is -2.41. The lowest BCUT2D eigenvalue weighted by molar-refractivity contribution is 0.00578. The number of oxazole rings is 3. The molecule has 0 unspecified atom stereocenters. The number of carboxylic acid groups (broad SMARTS) is 1. The van der Waals surface area contributed by atoms with Crippen LogP contribution in [0.15, 0.2) is 280 Å². The van der Waals surface area contributed by atoms with Crippen molar-refractivity contribution in [3.8, 4) is 109 Å². The quantitative estimate of drug-likeness (QED) is 0.0203. The molecule has 4 heterocycles. The normalized spacial score (nSPS) is 12.1. The molecule has 0 radical (unpaired) electrons. The van der Waals surface area contributed by atoms with Gasteiger partial charge in [-0.2, -0.15) is 0 Å². The highest BCUT2D eigenvalue weighted by atomic mass is 79.9. The van der Waals surface area contributed by atoms with Crippen molar-refractivity contribution in [2.24, 2.45) is 0 Å². The molecule has 732 valence electrons. The van der Waals surface area contributed by atoms with Crippen LogP contribution in [0.3, 0.4) is 0 Å². The van der Waals surface area contributed by atoms with Crippen molar-refractivity contribution < 1.29 is 109 Å². The maximum absolute atomic E-state index is 12.3. The number of carbonyl (C=O) groups is 3. The molecule has 0 bridgehead atoms. The third-order valence-electron chi connectivity index (χ3n) is 22.9.